The van der Waals surface area contributed by atoms with Gasteiger partial charge in [0.2, 0.25) is 0 Å². The van der Waals surface area contributed by atoms with Gasteiger partial charge in [0.1, 0.15) is 5.82 Å². The number of fused-ring (bicyclic) bond motifs is 1. The van der Waals surface area contributed by atoms with Crippen LogP contribution in [-0.4, -0.2) is 25.2 Å². The number of hydrogen-bond acceptors (Lipinski definition) is 4. The molecule has 0 saturated carbocycles. The van der Waals surface area contributed by atoms with Gasteiger partial charge in [0, 0.05) is 33.1 Å². The van der Waals surface area contributed by atoms with Gasteiger partial charge >= 0.3 is 5.69 Å². The summed E-state index contributed by atoms with van der Waals surface area (Å²) in [7, 11) is 1.63. The second-order valence-electron chi connectivity index (χ2n) is 4.39. The molecule has 7 nitrogen and oxygen atoms in total. The highest BCUT2D eigenvalue weighted by Gasteiger charge is 2.18. The SMILES string of the molecule is CCc1nc2c(c(=O)n(CCN)c(=O)n2C)n1CC. The minimum absolute atomic E-state index is 0.220. The van der Waals surface area contributed by atoms with Gasteiger partial charge in [-0.2, -0.15) is 0 Å². The van der Waals surface area contributed by atoms with Gasteiger partial charge in [-0.3, -0.25) is 13.9 Å². The molecule has 19 heavy (non-hydrogen) atoms. The molecule has 0 spiro atoms. The molecule has 0 radical (unpaired) electrons. The molecule has 7 heteroatoms. The van der Waals surface area contributed by atoms with Gasteiger partial charge in [-0.25, -0.2) is 9.78 Å². The summed E-state index contributed by atoms with van der Waals surface area (Å²) in [5, 5.41) is 0. The average Bonchev–Trinajstić information content (AvgIpc) is 2.79. The summed E-state index contributed by atoms with van der Waals surface area (Å²) in [4.78, 5) is 29.0. The summed E-state index contributed by atoms with van der Waals surface area (Å²) >= 11 is 0. The molecular weight excluding hydrogens is 246 g/mol. The molecule has 0 bridgehead atoms. The molecule has 0 amide bonds. The fourth-order valence-corrected chi connectivity index (χ4v) is 2.35. The molecule has 0 aliphatic heterocycles. The summed E-state index contributed by atoms with van der Waals surface area (Å²) in [6.07, 6.45) is 0.715. The van der Waals surface area contributed by atoms with E-state index in [1.165, 1.54) is 9.13 Å². The van der Waals surface area contributed by atoms with Gasteiger partial charge < -0.3 is 10.3 Å². The van der Waals surface area contributed by atoms with Crippen molar-refractivity contribution in [2.75, 3.05) is 6.54 Å². The third-order valence-corrected chi connectivity index (χ3v) is 3.30. The van der Waals surface area contributed by atoms with Crippen molar-refractivity contribution in [2.45, 2.75) is 33.4 Å². The quantitative estimate of drug-likeness (QED) is 0.802. The Labute approximate surface area is 110 Å². The van der Waals surface area contributed by atoms with Crippen LogP contribution in [0.25, 0.3) is 11.2 Å². The molecular formula is C12H19N5O2. The highest BCUT2D eigenvalue weighted by atomic mass is 16.2. The second kappa shape index (κ2) is 5.00. The van der Waals surface area contributed by atoms with Gasteiger partial charge in [0.25, 0.3) is 5.56 Å². The first-order valence-electron chi connectivity index (χ1n) is 6.45. The van der Waals surface area contributed by atoms with Crippen molar-refractivity contribution >= 4 is 11.2 Å². The monoisotopic (exact) mass is 265 g/mol. The molecule has 2 heterocycles. The van der Waals surface area contributed by atoms with Crippen molar-refractivity contribution in [3.63, 3.8) is 0 Å². The Bertz CT molecular complexity index is 722. The fraction of sp³-hybridized carbons (Fsp3) is 0.583. The summed E-state index contributed by atoms with van der Waals surface area (Å²) in [5.41, 5.74) is 5.71. The van der Waals surface area contributed by atoms with Gasteiger partial charge in [-0.05, 0) is 6.92 Å². The molecule has 2 rings (SSSR count). The first-order chi connectivity index (χ1) is 9.06. The predicted octanol–water partition coefficient (Wildman–Crippen LogP) is -0.562. The van der Waals surface area contributed by atoms with E-state index in [2.05, 4.69) is 4.98 Å². The van der Waals surface area contributed by atoms with Crippen molar-refractivity contribution in [1.82, 2.24) is 18.7 Å². The van der Waals surface area contributed by atoms with Crippen LogP contribution < -0.4 is 17.0 Å². The zero-order chi connectivity index (χ0) is 14.2. The molecule has 0 fully saturated rings. The van der Waals surface area contributed by atoms with Crippen molar-refractivity contribution in [3.8, 4) is 0 Å². The Kier molecular flexibility index (Phi) is 3.57. The summed E-state index contributed by atoms with van der Waals surface area (Å²) in [6, 6.07) is 0. The Hall–Kier alpha value is -1.89. The number of rotatable bonds is 4. The lowest BCUT2D eigenvalue weighted by atomic mass is 10.4. The predicted molar refractivity (Wildman–Crippen MR) is 73.3 cm³/mol. The van der Waals surface area contributed by atoms with Crippen molar-refractivity contribution < 1.29 is 0 Å². The minimum atomic E-state index is -0.369. The number of nitrogens with zero attached hydrogens (tertiary/aromatic N) is 4. The largest absolute Gasteiger partial charge is 0.332 e. The number of aromatic nitrogens is 4. The third-order valence-electron chi connectivity index (χ3n) is 3.30. The van der Waals surface area contributed by atoms with Gasteiger partial charge in [0.05, 0.1) is 0 Å². The molecule has 0 aliphatic rings. The van der Waals surface area contributed by atoms with E-state index < -0.39 is 0 Å². The van der Waals surface area contributed by atoms with Crippen LogP contribution >= 0.6 is 0 Å². The fourth-order valence-electron chi connectivity index (χ4n) is 2.35. The lowest BCUT2D eigenvalue weighted by Crippen LogP contribution is -2.41. The topological polar surface area (TPSA) is 87.8 Å². The van der Waals surface area contributed by atoms with E-state index in [9.17, 15) is 9.59 Å². The van der Waals surface area contributed by atoms with E-state index >= 15 is 0 Å². The van der Waals surface area contributed by atoms with E-state index in [1.807, 2.05) is 18.4 Å². The summed E-state index contributed by atoms with van der Waals surface area (Å²) in [6.45, 7) is 5.05. The van der Waals surface area contributed by atoms with Gasteiger partial charge in [-0.1, -0.05) is 6.92 Å². The lowest BCUT2D eigenvalue weighted by molar-refractivity contribution is 0.607. The van der Waals surface area contributed by atoms with Crippen molar-refractivity contribution in [2.24, 2.45) is 12.8 Å². The molecule has 0 aliphatic carbocycles. The average molecular weight is 265 g/mol. The Morgan fingerprint density at radius 3 is 2.42 bits per heavy atom. The van der Waals surface area contributed by atoms with E-state index in [0.29, 0.717) is 24.1 Å². The highest BCUT2D eigenvalue weighted by molar-refractivity contribution is 5.71. The maximum absolute atomic E-state index is 12.4. The first-order valence-corrected chi connectivity index (χ1v) is 6.45. The van der Waals surface area contributed by atoms with Crippen LogP contribution in [0.2, 0.25) is 0 Å². The molecule has 104 valence electrons. The Balaban J connectivity index is 2.97. The molecule has 0 saturated heterocycles. The number of nitrogens with two attached hydrogens (primary N) is 1. The van der Waals surface area contributed by atoms with E-state index in [0.717, 1.165) is 5.82 Å². The van der Waals surface area contributed by atoms with E-state index in [1.54, 1.807) is 7.05 Å². The van der Waals surface area contributed by atoms with Crippen LogP contribution in [0.3, 0.4) is 0 Å². The zero-order valence-electron chi connectivity index (χ0n) is 11.5. The Morgan fingerprint density at radius 2 is 1.89 bits per heavy atom. The Morgan fingerprint density at radius 1 is 1.21 bits per heavy atom. The first kappa shape index (κ1) is 13.5. The van der Waals surface area contributed by atoms with E-state index in [4.69, 9.17) is 5.73 Å². The van der Waals surface area contributed by atoms with Crippen LogP contribution in [-0.2, 0) is 26.6 Å². The maximum atomic E-state index is 12.4. The number of aryl methyl sites for hydroxylation is 3. The second-order valence-corrected chi connectivity index (χ2v) is 4.39. The molecule has 2 N–H and O–H groups in total. The molecule has 0 unspecified atom stereocenters. The van der Waals surface area contributed by atoms with Crippen LogP contribution in [0.4, 0.5) is 0 Å². The maximum Gasteiger partial charge on any atom is 0.332 e. The minimum Gasteiger partial charge on any atom is -0.329 e. The standard InChI is InChI=1S/C12H19N5O2/c1-4-8-14-10-9(16(8)5-2)11(18)17(7-6-13)12(19)15(10)3/h4-7,13H2,1-3H3. The van der Waals surface area contributed by atoms with Crippen molar-refractivity contribution in [1.29, 1.82) is 0 Å². The molecule has 2 aromatic heterocycles. The summed E-state index contributed by atoms with van der Waals surface area (Å²) in [5.74, 6) is 0.815. The van der Waals surface area contributed by atoms with Gasteiger partial charge in [0.15, 0.2) is 11.2 Å². The molecule has 2 aromatic rings. The zero-order valence-corrected chi connectivity index (χ0v) is 11.5. The van der Waals surface area contributed by atoms with Crippen LogP contribution in [0.1, 0.15) is 19.7 Å². The van der Waals surface area contributed by atoms with Crippen LogP contribution in [0.5, 0.6) is 0 Å². The summed E-state index contributed by atoms with van der Waals surface area (Å²) < 4.78 is 4.46. The smallest absolute Gasteiger partial charge is 0.329 e. The van der Waals surface area contributed by atoms with Gasteiger partial charge in [-0.15, -0.1) is 0 Å². The van der Waals surface area contributed by atoms with Crippen LogP contribution in [0.15, 0.2) is 9.59 Å². The van der Waals surface area contributed by atoms with Crippen molar-refractivity contribution in [3.05, 3.63) is 26.7 Å². The number of hydrogen-bond donors (Lipinski definition) is 1. The highest BCUT2D eigenvalue weighted by Crippen LogP contribution is 2.11. The normalized spacial score (nSPS) is 11.4. The third kappa shape index (κ3) is 1.90. The lowest BCUT2D eigenvalue weighted by Gasteiger charge is -2.08. The van der Waals surface area contributed by atoms with E-state index in [-0.39, 0.29) is 24.3 Å². The molecule has 0 atom stereocenters. The molecule has 0 aromatic carbocycles. The number of imidazole rings is 1. The van der Waals surface area contributed by atoms with Crippen LogP contribution in [0, 0.1) is 0 Å².